The molecule has 0 radical (unpaired) electrons. The number of anilines is 3. The van der Waals surface area contributed by atoms with Crippen molar-refractivity contribution >= 4 is 80.1 Å². The minimum Gasteiger partial charge on any atom is -0.309 e. The molecule has 9 aromatic rings. The summed E-state index contributed by atoms with van der Waals surface area (Å²) < 4.78 is 65.2. The van der Waals surface area contributed by atoms with Gasteiger partial charge in [-0.3, -0.25) is 0 Å². The first-order valence-corrected chi connectivity index (χ1v) is 16.3. The summed E-state index contributed by atoms with van der Waals surface area (Å²) in [7, 11) is 0. The normalized spacial score (nSPS) is 13.7. The molecule has 0 fully saturated rings. The Morgan fingerprint density at radius 3 is 1.98 bits per heavy atom. The molecular formula is C42H27NS2. The monoisotopic (exact) mass is 616 g/mol. The van der Waals surface area contributed by atoms with E-state index in [-0.39, 0.29) is 57.4 Å². The molecule has 0 saturated carbocycles. The largest absolute Gasteiger partial charge is 0.309 e. The second-order valence-electron chi connectivity index (χ2n) is 10.8. The molecule has 1 nitrogen and oxygen atoms in total. The third kappa shape index (κ3) is 4.43. The molecule has 0 aliphatic heterocycles. The Bertz CT molecular complexity index is 2870. The van der Waals surface area contributed by atoms with Gasteiger partial charge in [0.15, 0.2) is 0 Å². The first-order chi connectivity index (χ1) is 25.2. The van der Waals surface area contributed by atoms with Crippen LogP contribution in [0.1, 0.15) is 9.60 Å². The van der Waals surface area contributed by atoms with Crippen LogP contribution in [-0.4, -0.2) is 0 Å². The second-order valence-corrected chi connectivity index (χ2v) is 12.9. The first-order valence-electron chi connectivity index (χ1n) is 18.1. The van der Waals surface area contributed by atoms with Gasteiger partial charge in [0.25, 0.3) is 0 Å². The van der Waals surface area contributed by atoms with E-state index in [0.29, 0.717) is 10.4 Å². The van der Waals surface area contributed by atoms with Crippen molar-refractivity contribution in [2.24, 2.45) is 0 Å². The minimum atomic E-state index is -0.399. The van der Waals surface area contributed by atoms with Crippen LogP contribution < -0.4 is 4.90 Å². The van der Waals surface area contributed by atoms with E-state index in [1.54, 1.807) is 11.3 Å². The summed E-state index contributed by atoms with van der Waals surface area (Å²) in [5, 5.41) is 2.55. The first kappa shape index (κ1) is 19.9. The quantitative estimate of drug-likeness (QED) is 0.186. The van der Waals surface area contributed by atoms with Crippen LogP contribution in [0, 0.1) is 0 Å². The molecule has 0 bridgehead atoms. The van der Waals surface area contributed by atoms with Gasteiger partial charge in [0.2, 0.25) is 0 Å². The maximum atomic E-state index is 9.71. The highest BCUT2D eigenvalue weighted by molar-refractivity contribution is 7.26. The zero-order chi connectivity index (χ0) is 35.8. The molecule has 0 saturated heterocycles. The van der Waals surface area contributed by atoms with Gasteiger partial charge in [-0.2, -0.15) is 0 Å². The van der Waals surface area contributed by atoms with E-state index in [4.69, 9.17) is 5.48 Å². The topological polar surface area (TPSA) is 3.24 Å². The van der Waals surface area contributed by atoms with Crippen molar-refractivity contribution in [2.75, 3.05) is 4.90 Å². The van der Waals surface area contributed by atoms with E-state index in [2.05, 4.69) is 30.3 Å². The van der Waals surface area contributed by atoms with Crippen LogP contribution in [0.2, 0.25) is 0 Å². The molecule has 0 N–H and O–H groups in total. The smallest absolute Gasteiger partial charge is 0.0660 e. The Balaban J connectivity index is 1.38. The third-order valence-electron chi connectivity index (χ3n) is 8.16. The SMILES string of the molecule is [2H]c1c([2H])c([2H])c2c(sc3c([2H])c(N(c4ccc(-c5ccccc5)cc4)c4ccc(-c5ccccc5)c5c4sc4ccccc45)c([2H])c([2H])c32)c1[2H]. The van der Waals surface area contributed by atoms with Crippen LogP contribution in [0.4, 0.5) is 17.1 Å². The molecule has 0 unspecified atom stereocenters. The lowest BCUT2D eigenvalue weighted by Gasteiger charge is -2.27. The molecule has 2 heterocycles. The van der Waals surface area contributed by atoms with Crippen molar-refractivity contribution in [1.82, 2.24) is 0 Å². The summed E-state index contributed by atoms with van der Waals surface area (Å²) in [6, 6.07) is 39.1. The molecule has 9 rings (SSSR count). The summed E-state index contributed by atoms with van der Waals surface area (Å²) in [5.41, 5.74) is 5.88. The Kier molecular flexibility index (Phi) is 4.76. The molecule has 7 aromatic carbocycles. The van der Waals surface area contributed by atoms with E-state index in [0.717, 1.165) is 59.5 Å². The predicted octanol–water partition coefficient (Wildman–Crippen LogP) is 13.2. The van der Waals surface area contributed by atoms with E-state index in [9.17, 15) is 4.11 Å². The fourth-order valence-corrected chi connectivity index (χ4v) is 8.27. The molecule has 3 heteroatoms. The number of thiophene rings is 2. The highest BCUT2D eigenvalue weighted by Crippen LogP contribution is 2.49. The Hall–Kier alpha value is -5.22. The molecule has 0 spiro atoms. The molecule has 0 atom stereocenters. The zero-order valence-electron chi connectivity index (χ0n) is 30.8. The van der Waals surface area contributed by atoms with Gasteiger partial charge in [-0.05, 0) is 64.6 Å². The van der Waals surface area contributed by atoms with Gasteiger partial charge >= 0.3 is 0 Å². The van der Waals surface area contributed by atoms with Crippen LogP contribution in [-0.2, 0) is 0 Å². The van der Waals surface area contributed by atoms with E-state index < -0.39 is 6.04 Å². The summed E-state index contributed by atoms with van der Waals surface area (Å²) >= 11 is 2.72. The average molecular weight is 617 g/mol. The van der Waals surface area contributed by atoms with Gasteiger partial charge in [0.1, 0.15) is 0 Å². The lowest BCUT2D eigenvalue weighted by Crippen LogP contribution is -2.10. The predicted molar refractivity (Wildman–Crippen MR) is 198 cm³/mol. The fourth-order valence-electron chi connectivity index (χ4n) is 6.07. The van der Waals surface area contributed by atoms with Crippen molar-refractivity contribution in [3.05, 3.63) is 164 Å². The van der Waals surface area contributed by atoms with Gasteiger partial charge in [0, 0.05) is 47.0 Å². The van der Waals surface area contributed by atoms with E-state index in [1.807, 2.05) is 95.9 Å². The van der Waals surface area contributed by atoms with Crippen LogP contribution in [0.15, 0.2) is 164 Å². The van der Waals surface area contributed by atoms with Crippen molar-refractivity contribution in [2.45, 2.75) is 0 Å². The van der Waals surface area contributed by atoms with Gasteiger partial charge in [0.05, 0.1) is 20.0 Å². The van der Waals surface area contributed by atoms with Crippen molar-refractivity contribution in [3.63, 3.8) is 0 Å². The summed E-state index contributed by atoms with van der Waals surface area (Å²) in [4.78, 5) is 1.91. The summed E-state index contributed by atoms with van der Waals surface area (Å²) in [6.45, 7) is 0. The fraction of sp³-hybridized carbons (Fsp3) is 0. The molecule has 0 aliphatic rings. The Morgan fingerprint density at radius 1 is 0.467 bits per heavy atom. The second kappa shape index (κ2) is 10.7. The maximum Gasteiger partial charge on any atom is 0.0660 e. The lowest BCUT2D eigenvalue weighted by molar-refractivity contribution is 1.31. The molecule has 212 valence electrons. The maximum absolute atomic E-state index is 9.71. The van der Waals surface area contributed by atoms with Gasteiger partial charge in [-0.15, -0.1) is 22.7 Å². The van der Waals surface area contributed by atoms with Gasteiger partial charge in [-0.1, -0.05) is 121 Å². The molecule has 45 heavy (non-hydrogen) atoms. The standard InChI is InChI=1S/C42H27NS2/c1-3-11-28(12-4-1)29-19-21-31(22-20-29)43(32-23-24-35-34-15-7-9-17-38(34)44-40(35)27-32)37-26-25-33(30-13-5-2-6-14-30)41-36-16-8-10-18-39(36)45-42(37)41/h1-27H/i7D,9D,15D,17D,23D,24D,27D. The molecular weight excluding hydrogens is 583 g/mol. The van der Waals surface area contributed by atoms with Crippen LogP contribution in [0.3, 0.4) is 0 Å². The van der Waals surface area contributed by atoms with Crippen LogP contribution in [0.5, 0.6) is 0 Å². The van der Waals surface area contributed by atoms with Gasteiger partial charge in [-0.25, -0.2) is 0 Å². The third-order valence-corrected chi connectivity index (χ3v) is 10.4. The number of rotatable bonds is 5. The molecule has 0 amide bonds. The molecule has 0 aliphatic carbocycles. The highest BCUT2D eigenvalue weighted by Gasteiger charge is 2.21. The number of hydrogen-bond acceptors (Lipinski definition) is 3. The summed E-state index contributed by atoms with van der Waals surface area (Å²) in [5.74, 6) is 0. The van der Waals surface area contributed by atoms with Crippen LogP contribution >= 0.6 is 22.7 Å². The van der Waals surface area contributed by atoms with E-state index in [1.165, 1.54) is 0 Å². The number of nitrogens with zero attached hydrogens (tertiary/aromatic N) is 1. The summed E-state index contributed by atoms with van der Waals surface area (Å²) in [6.07, 6.45) is 0. The zero-order valence-corrected chi connectivity index (χ0v) is 25.4. The minimum absolute atomic E-state index is 0.0115. The highest BCUT2D eigenvalue weighted by atomic mass is 32.1. The van der Waals surface area contributed by atoms with Crippen molar-refractivity contribution in [1.29, 1.82) is 0 Å². The van der Waals surface area contributed by atoms with Crippen LogP contribution in [0.25, 0.3) is 62.6 Å². The van der Waals surface area contributed by atoms with E-state index >= 15 is 0 Å². The average Bonchev–Trinajstić information content (AvgIpc) is 3.78. The van der Waals surface area contributed by atoms with Crippen molar-refractivity contribution < 1.29 is 9.60 Å². The Labute approximate surface area is 279 Å². The number of benzene rings is 7. The number of hydrogen-bond donors (Lipinski definition) is 0. The molecule has 2 aromatic heterocycles. The lowest BCUT2D eigenvalue weighted by atomic mass is 9.98. The van der Waals surface area contributed by atoms with Crippen molar-refractivity contribution in [3.8, 4) is 22.3 Å². The van der Waals surface area contributed by atoms with Gasteiger partial charge < -0.3 is 4.90 Å². The number of fused-ring (bicyclic) bond motifs is 6. The Morgan fingerprint density at radius 2 is 1.16 bits per heavy atom.